The zero-order valence-electron chi connectivity index (χ0n) is 17.8. The number of halogens is 1. The Kier molecular flexibility index (Phi) is 5.72. The van der Waals surface area contributed by atoms with E-state index in [1.54, 1.807) is 19.5 Å². The highest BCUT2D eigenvalue weighted by Gasteiger charge is 2.41. The smallest absolute Gasteiger partial charge is 0.251 e. The monoisotopic (exact) mass is 473 g/mol. The number of rotatable bonds is 7. The number of allylic oxidation sites excluding steroid dienone is 1. The van der Waals surface area contributed by atoms with Gasteiger partial charge in [-0.15, -0.1) is 0 Å². The Morgan fingerprint density at radius 1 is 1.43 bits per heavy atom. The fourth-order valence-electron chi connectivity index (χ4n) is 3.77. The summed E-state index contributed by atoms with van der Waals surface area (Å²) >= 11 is 3.61. The van der Waals surface area contributed by atoms with Crippen LogP contribution in [0.25, 0.3) is 11.0 Å². The molecule has 0 bridgehead atoms. The number of hydrogen-bond donors (Lipinski definition) is 2. The van der Waals surface area contributed by atoms with Crippen LogP contribution < -0.4 is 10.6 Å². The summed E-state index contributed by atoms with van der Waals surface area (Å²) < 4.78 is 8.57. The highest BCUT2D eigenvalue weighted by Crippen LogP contribution is 2.42. The van der Waals surface area contributed by atoms with Crippen LogP contribution in [-0.2, 0) is 16.1 Å². The molecule has 2 N–H and O–H groups in total. The SMILES string of the molecule is COCCn1c([C@@H](NC(=O)C2(C)C=NC(C)=CN2)C2CC2)nc2c(C)c(Br)ccc21. The second-order valence-corrected chi connectivity index (χ2v) is 9.19. The Labute approximate surface area is 185 Å². The summed E-state index contributed by atoms with van der Waals surface area (Å²) in [6.07, 6.45) is 5.62. The Balaban J connectivity index is 1.71. The maximum absolute atomic E-state index is 13.2. The minimum absolute atomic E-state index is 0.102. The number of aromatic nitrogens is 2. The van der Waals surface area contributed by atoms with Crippen molar-refractivity contribution >= 4 is 39.1 Å². The molecule has 1 aliphatic carbocycles. The van der Waals surface area contributed by atoms with Crippen LogP contribution in [0.1, 0.15) is 44.1 Å². The number of imidazole rings is 1. The molecule has 1 aliphatic heterocycles. The van der Waals surface area contributed by atoms with Gasteiger partial charge in [-0.3, -0.25) is 9.79 Å². The first-order valence-electron chi connectivity index (χ1n) is 10.3. The van der Waals surface area contributed by atoms with Gasteiger partial charge in [0.25, 0.3) is 5.91 Å². The predicted octanol–water partition coefficient (Wildman–Crippen LogP) is 3.61. The molecule has 4 rings (SSSR count). The molecule has 2 aromatic rings. The number of amides is 1. The maximum Gasteiger partial charge on any atom is 0.251 e. The van der Waals surface area contributed by atoms with Gasteiger partial charge in [-0.2, -0.15) is 0 Å². The molecule has 0 spiro atoms. The predicted molar refractivity (Wildman–Crippen MR) is 121 cm³/mol. The first-order chi connectivity index (χ1) is 14.3. The molecule has 0 saturated heterocycles. The lowest BCUT2D eigenvalue weighted by molar-refractivity contribution is -0.125. The number of aryl methyl sites for hydroxylation is 1. The van der Waals surface area contributed by atoms with Gasteiger partial charge in [0.05, 0.1) is 29.4 Å². The van der Waals surface area contributed by atoms with Crippen molar-refractivity contribution in [3.63, 3.8) is 0 Å². The quantitative estimate of drug-likeness (QED) is 0.643. The van der Waals surface area contributed by atoms with Crippen LogP contribution in [0.15, 0.2) is 33.5 Å². The summed E-state index contributed by atoms with van der Waals surface area (Å²) in [5, 5.41) is 6.45. The van der Waals surface area contributed by atoms with E-state index in [4.69, 9.17) is 9.72 Å². The highest BCUT2D eigenvalue weighted by molar-refractivity contribution is 9.10. The van der Waals surface area contributed by atoms with Crippen molar-refractivity contribution < 1.29 is 9.53 Å². The molecule has 1 aromatic carbocycles. The van der Waals surface area contributed by atoms with Crippen molar-refractivity contribution in [2.75, 3.05) is 13.7 Å². The number of benzene rings is 1. The first-order valence-corrected chi connectivity index (χ1v) is 11.1. The van der Waals surface area contributed by atoms with Gasteiger partial charge >= 0.3 is 0 Å². The van der Waals surface area contributed by atoms with E-state index in [-0.39, 0.29) is 11.9 Å². The molecule has 30 heavy (non-hydrogen) atoms. The van der Waals surface area contributed by atoms with Crippen molar-refractivity contribution in [3.8, 4) is 0 Å². The van der Waals surface area contributed by atoms with Crippen LogP contribution in [0.3, 0.4) is 0 Å². The number of methoxy groups -OCH3 is 1. The summed E-state index contributed by atoms with van der Waals surface area (Å²) in [5.41, 5.74) is 3.08. The third-order valence-electron chi connectivity index (χ3n) is 5.89. The van der Waals surface area contributed by atoms with Gasteiger partial charge in [0.15, 0.2) is 0 Å². The third-order valence-corrected chi connectivity index (χ3v) is 6.75. The summed E-state index contributed by atoms with van der Waals surface area (Å²) in [5.74, 6) is 1.18. The molecular formula is C22H28BrN5O2. The van der Waals surface area contributed by atoms with Gasteiger partial charge in [-0.1, -0.05) is 15.9 Å². The average Bonchev–Trinajstić information content (AvgIpc) is 3.50. The lowest BCUT2D eigenvalue weighted by Crippen LogP contribution is -2.56. The Morgan fingerprint density at radius 3 is 2.83 bits per heavy atom. The van der Waals surface area contributed by atoms with Gasteiger partial charge in [-0.05, 0) is 57.2 Å². The zero-order chi connectivity index (χ0) is 21.5. The van der Waals surface area contributed by atoms with E-state index in [0.29, 0.717) is 19.1 Å². The van der Waals surface area contributed by atoms with Gasteiger partial charge in [-0.25, -0.2) is 4.98 Å². The number of ether oxygens (including phenoxy) is 1. The highest BCUT2D eigenvalue weighted by atomic mass is 79.9. The lowest BCUT2D eigenvalue weighted by atomic mass is 10.0. The fourth-order valence-corrected chi connectivity index (χ4v) is 4.09. The second kappa shape index (κ2) is 8.15. The average molecular weight is 474 g/mol. The molecule has 2 aliphatic rings. The fraction of sp³-hybridized carbons (Fsp3) is 0.500. The van der Waals surface area contributed by atoms with E-state index in [2.05, 4.69) is 55.2 Å². The van der Waals surface area contributed by atoms with Crippen molar-refractivity contribution in [2.24, 2.45) is 10.9 Å². The first kappa shape index (κ1) is 21.1. The van der Waals surface area contributed by atoms with E-state index in [9.17, 15) is 4.79 Å². The van der Waals surface area contributed by atoms with E-state index in [1.807, 2.05) is 13.8 Å². The van der Waals surface area contributed by atoms with Crippen LogP contribution in [-0.4, -0.2) is 40.9 Å². The number of carbonyl (C=O) groups is 1. The van der Waals surface area contributed by atoms with Crippen LogP contribution in [0.2, 0.25) is 0 Å². The van der Waals surface area contributed by atoms with Crippen LogP contribution in [0.4, 0.5) is 0 Å². The summed E-state index contributed by atoms with van der Waals surface area (Å²) in [7, 11) is 1.70. The summed E-state index contributed by atoms with van der Waals surface area (Å²) in [6, 6.07) is 3.98. The van der Waals surface area contributed by atoms with Gasteiger partial charge in [0, 0.05) is 30.5 Å². The van der Waals surface area contributed by atoms with Gasteiger partial charge in [0.2, 0.25) is 0 Å². The molecule has 1 saturated carbocycles. The molecule has 2 atom stereocenters. The van der Waals surface area contributed by atoms with E-state index >= 15 is 0 Å². The molecular weight excluding hydrogens is 446 g/mol. The number of fused-ring (bicyclic) bond motifs is 1. The Morgan fingerprint density at radius 2 is 2.20 bits per heavy atom. The molecule has 1 fully saturated rings. The number of nitrogens with one attached hydrogen (secondary N) is 2. The molecule has 160 valence electrons. The number of hydrogen-bond acceptors (Lipinski definition) is 5. The van der Waals surface area contributed by atoms with Crippen molar-refractivity contribution in [3.05, 3.63) is 39.9 Å². The second-order valence-electron chi connectivity index (χ2n) is 8.33. The number of carbonyl (C=O) groups excluding carboxylic acids is 1. The Bertz CT molecular complexity index is 1040. The standard InChI is InChI=1S/C22H28BrN5O2/c1-13-11-25-22(3,12-24-13)21(29)27-19(15-5-6-15)20-26-18-14(2)16(23)7-8-17(18)28(20)9-10-30-4/h7-8,11-12,15,19,25H,5-6,9-10H2,1-4H3,(H,27,29)/t19-,22?/m0/s1. The van der Waals surface area contributed by atoms with Crippen LogP contribution in [0, 0.1) is 12.8 Å². The zero-order valence-corrected chi connectivity index (χ0v) is 19.4. The number of nitrogens with zero attached hydrogens (tertiary/aromatic N) is 3. The molecule has 2 heterocycles. The van der Waals surface area contributed by atoms with Crippen molar-refractivity contribution in [1.29, 1.82) is 0 Å². The molecule has 1 amide bonds. The minimum Gasteiger partial charge on any atom is -0.383 e. The van der Waals surface area contributed by atoms with Gasteiger partial charge < -0.3 is 19.9 Å². The van der Waals surface area contributed by atoms with E-state index < -0.39 is 5.54 Å². The maximum atomic E-state index is 13.2. The topological polar surface area (TPSA) is 80.5 Å². The van der Waals surface area contributed by atoms with Crippen molar-refractivity contribution in [2.45, 2.75) is 51.7 Å². The summed E-state index contributed by atoms with van der Waals surface area (Å²) in [6.45, 7) is 7.06. The Hall–Kier alpha value is -2.19. The minimum atomic E-state index is -0.880. The largest absolute Gasteiger partial charge is 0.383 e. The van der Waals surface area contributed by atoms with E-state index in [0.717, 1.165) is 45.4 Å². The van der Waals surface area contributed by atoms with E-state index in [1.165, 1.54) is 0 Å². The summed E-state index contributed by atoms with van der Waals surface area (Å²) in [4.78, 5) is 22.6. The third kappa shape index (κ3) is 3.90. The molecule has 0 radical (unpaired) electrons. The van der Waals surface area contributed by atoms with Crippen LogP contribution in [0.5, 0.6) is 0 Å². The number of aliphatic imine (C=N–C) groups is 1. The molecule has 7 nitrogen and oxygen atoms in total. The molecule has 8 heteroatoms. The van der Waals surface area contributed by atoms with Crippen LogP contribution >= 0.6 is 15.9 Å². The normalized spacial score (nSPS) is 22.0. The van der Waals surface area contributed by atoms with Gasteiger partial charge in [0.1, 0.15) is 11.4 Å². The van der Waals surface area contributed by atoms with Crippen molar-refractivity contribution in [1.82, 2.24) is 20.2 Å². The molecule has 1 aromatic heterocycles. The lowest BCUT2D eigenvalue weighted by Gasteiger charge is -2.30. The molecule has 1 unspecified atom stereocenters.